The second kappa shape index (κ2) is 2.70. The van der Waals surface area contributed by atoms with E-state index in [2.05, 4.69) is 20.8 Å². The smallest absolute Gasteiger partial charge is 0.0519 e. The highest BCUT2D eigenvalue weighted by atomic mass is 16.5. The summed E-state index contributed by atoms with van der Waals surface area (Å²) in [6.45, 7) is 8.88. The van der Waals surface area contributed by atoms with E-state index in [0.29, 0.717) is 0 Å². The van der Waals surface area contributed by atoms with Crippen molar-refractivity contribution < 1.29 is 4.74 Å². The molecule has 0 bridgehead atoms. The summed E-state index contributed by atoms with van der Waals surface area (Å²) >= 11 is 0. The van der Waals surface area contributed by atoms with E-state index in [4.69, 9.17) is 4.74 Å². The maximum atomic E-state index is 5.11. The number of hydrogen-bond acceptors (Lipinski definition) is 1. The van der Waals surface area contributed by atoms with E-state index < -0.39 is 0 Å². The second-order valence-corrected chi connectivity index (χ2v) is 3.40. The first-order valence-corrected chi connectivity index (χ1v) is 3.79. The van der Waals surface area contributed by atoms with Gasteiger partial charge < -0.3 is 4.74 Å². The van der Waals surface area contributed by atoms with Crippen LogP contribution in [-0.4, -0.2) is 13.2 Å². The van der Waals surface area contributed by atoms with Crippen LogP contribution in [0.1, 0.15) is 20.8 Å². The molecule has 1 saturated heterocycles. The molecule has 0 aliphatic carbocycles. The maximum Gasteiger partial charge on any atom is 0.0519 e. The molecule has 1 fully saturated rings. The summed E-state index contributed by atoms with van der Waals surface area (Å²) in [7, 11) is 0. The highest BCUT2D eigenvalue weighted by Crippen LogP contribution is 2.26. The van der Waals surface area contributed by atoms with Crippen LogP contribution >= 0.6 is 0 Å². The standard InChI is InChI=1S/C8H16O/c1-6(2)7(3)8-4-9-5-8/h6-8H,4-5H2,1-3H3/t7-/m0/s1. The first-order valence-electron chi connectivity index (χ1n) is 3.79. The van der Waals surface area contributed by atoms with Gasteiger partial charge in [-0.15, -0.1) is 0 Å². The topological polar surface area (TPSA) is 9.23 Å². The van der Waals surface area contributed by atoms with Crippen molar-refractivity contribution in [2.75, 3.05) is 13.2 Å². The third kappa shape index (κ3) is 1.45. The lowest BCUT2D eigenvalue weighted by molar-refractivity contribution is -0.0657. The zero-order chi connectivity index (χ0) is 6.85. The Balaban J connectivity index is 2.23. The fraction of sp³-hybridized carbons (Fsp3) is 1.00. The number of rotatable bonds is 2. The van der Waals surface area contributed by atoms with Gasteiger partial charge in [-0.2, -0.15) is 0 Å². The lowest BCUT2D eigenvalue weighted by Gasteiger charge is -2.33. The van der Waals surface area contributed by atoms with Crippen LogP contribution in [-0.2, 0) is 4.74 Å². The average Bonchev–Trinajstić information content (AvgIpc) is 1.60. The fourth-order valence-corrected chi connectivity index (χ4v) is 1.10. The summed E-state index contributed by atoms with van der Waals surface area (Å²) in [6, 6.07) is 0. The van der Waals surface area contributed by atoms with Gasteiger partial charge in [0.1, 0.15) is 0 Å². The van der Waals surface area contributed by atoms with Gasteiger partial charge >= 0.3 is 0 Å². The molecule has 1 atom stereocenters. The zero-order valence-corrected chi connectivity index (χ0v) is 6.55. The summed E-state index contributed by atoms with van der Waals surface area (Å²) in [5, 5.41) is 0. The summed E-state index contributed by atoms with van der Waals surface area (Å²) < 4.78 is 5.11. The predicted molar refractivity (Wildman–Crippen MR) is 38.3 cm³/mol. The highest BCUT2D eigenvalue weighted by Gasteiger charge is 2.26. The first kappa shape index (κ1) is 7.07. The molecule has 1 rings (SSSR count). The molecule has 1 aliphatic heterocycles. The lowest BCUT2D eigenvalue weighted by atomic mass is 9.84. The van der Waals surface area contributed by atoms with Crippen molar-refractivity contribution in [3.63, 3.8) is 0 Å². The minimum absolute atomic E-state index is 0.818. The van der Waals surface area contributed by atoms with Crippen LogP contribution in [0.25, 0.3) is 0 Å². The maximum absolute atomic E-state index is 5.11. The van der Waals surface area contributed by atoms with Crippen LogP contribution in [0.3, 0.4) is 0 Å². The van der Waals surface area contributed by atoms with Crippen molar-refractivity contribution in [1.29, 1.82) is 0 Å². The fourth-order valence-electron chi connectivity index (χ4n) is 1.10. The normalized spacial score (nSPS) is 24.0. The van der Waals surface area contributed by atoms with Gasteiger partial charge in [-0.25, -0.2) is 0 Å². The van der Waals surface area contributed by atoms with Gasteiger partial charge in [0.05, 0.1) is 13.2 Å². The second-order valence-electron chi connectivity index (χ2n) is 3.40. The zero-order valence-electron chi connectivity index (χ0n) is 6.55. The van der Waals surface area contributed by atoms with Crippen molar-refractivity contribution in [3.05, 3.63) is 0 Å². The quantitative estimate of drug-likeness (QED) is 0.552. The molecule has 0 aromatic carbocycles. The Kier molecular flexibility index (Phi) is 2.12. The van der Waals surface area contributed by atoms with Gasteiger partial charge in [-0.1, -0.05) is 20.8 Å². The monoisotopic (exact) mass is 128 g/mol. The summed E-state index contributed by atoms with van der Waals surface area (Å²) in [5.74, 6) is 2.52. The molecule has 0 N–H and O–H groups in total. The van der Waals surface area contributed by atoms with Crippen LogP contribution in [0, 0.1) is 17.8 Å². The molecular formula is C8H16O. The number of ether oxygens (including phenoxy) is 1. The summed E-state index contributed by atoms with van der Waals surface area (Å²) in [6.07, 6.45) is 0. The summed E-state index contributed by atoms with van der Waals surface area (Å²) in [5.41, 5.74) is 0. The van der Waals surface area contributed by atoms with Gasteiger partial charge in [0.2, 0.25) is 0 Å². The van der Waals surface area contributed by atoms with E-state index in [1.54, 1.807) is 0 Å². The van der Waals surface area contributed by atoms with Crippen molar-refractivity contribution in [2.24, 2.45) is 17.8 Å². The van der Waals surface area contributed by atoms with Gasteiger partial charge in [0.15, 0.2) is 0 Å². The van der Waals surface area contributed by atoms with E-state index >= 15 is 0 Å². The van der Waals surface area contributed by atoms with Crippen LogP contribution < -0.4 is 0 Å². The Morgan fingerprint density at radius 1 is 1.22 bits per heavy atom. The Hall–Kier alpha value is -0.0400. The minimum atomic E-state index is 0.818. The van der Waals surface area contributed by atoms with E-state index in [-0.39, 0.29) is 0 Å². The average molecular weight is 128 g/mol. The van der Waals surface area contributed by atoms with Crippen molar-refractivity contribution in [2.45, 2.75) is 20.8 Å². The SMILES string of the molecule is CC(C)[C@H](C)C1COC1. The third-order valence-electron chi connectivity index (χ3n) is 2.46. The van der Waals surface area contributed by atoms with Crippen LogP contribution in [0.2, 0.25) is 0 Å². The molecule has 54 valence electrons. The molecule has 0 aromatic heterocycles. The van der Waals surface area contributed by atoms with Crippen molar-refractivity contribution in [3.8, 4) is 0 Å². The predicted octanol–water partition coefficient (Wildman–Crippen LogP) is 1.92. The molecular weight excluding hydrogens is 112 g/mol. The van der Waals surface area contributed by atoms with E-state index in [1.165, 1.54) is 0 Å². The van der Waals surface area contributed by atoms with Gasteiger partial charge in [0, 0.05) is 5.92 Å². The molecule has 1 heterocycles. The first-order chi connectivity index (χ1) is 4.22. The molecule has 0 saturated carbocycles. The van der Waals surface area contributed by atoms with Gasteiger partial charge in [-0.3, -0.25) is 0 Å². The minimum Gasteiger partial charge on any atom is -0.381 e. The molecule has 0 amide bonds. The Morgan fingerprint density at radius 3 is 1.89 bits per heavy atom. The van der Waals surface area contributed by atoms with Crippen molar-refractivity contribution >= 4 is 0 Å². The van der Waals surface area contributed by atoms with Crippen LogP contribution in [0.4, 0.5) is 0 Å². The lowest BCUT2D eigenvalue weighted by Crippen LogP contribution is -2.35. The summed E-state index contributed by atoms with van der Waals surface area (Å²) in [4.78, 5) is 0. The van der Waals surface area contributed by atoms with Gasteiger partial charge in [0.25, 0.3) is 0 Å². The third-order valence-corrected chi connectivity index (χ3v) is 2.46. The van der Waals surface area contributed by atoms with Crippen LogP contribution in [0.15, 0.2) is 0 Å². The molecule has 0 aromatic rings. The highest BCUT2D eigenvalue weighted by molar-refractivity contribution is 4.73. The molecule has 9 heavy (non-hydrogen) atoms. The van der Waals surface area contributed by atoms with Gasteiger partial charge in [-0.05, 0) is 11.8 Å². The van der Waals surface area contributed by atoms with Crippen LogP contribution in [0.5, 0.6) is 0 Å². The van der Waals surface area contributed by atoms with E-state index in [9.17, 15) is 0 Å². The molecule has 1 aliphatic rings. The van der Waals surface area contributed by atoms with Crippen molar-refractivity contribution in [1.82, 2.24) is 0 Å². The molecule has 1 nitrogen and oxygen atoms in total. The Labute approximate surface area is 57.4 Å². The largest absolute Gasteiger partial charge is 0.381 e. The number of hydrogen-bond donors (Lipinski definition) is 0. The molecule has 0 radical (unpaired) electrons. The Bertz CT molecular complexity index is 84.6. The molecule has 1 heteroatoms. The Morgan fingerprint density at radius 2 is 1.78 bits per heavy atom. The van der Waals surface area contributed by atoms with E-state index in [1.807, 2.05) is 0 Å². The van der Waals surface area contributed by atoms with E-state index in [0.717, 1.165) is 31.0 Å². The molecule has 0 unspecified atom stereocenters. The molecule has 0 spiro atoms.